The first-order chi connectivity index (χ1) is 18.4. The molecule has 0 bridgehead atoms. The van der Waals surface area contributed by atoms with Crippen LogP contribution in [0.15, 0.2) is 68.7 Å². The number of carbonyl (C=O) groups is 2. The zero-order chi connectivity index (χ0) is 27.1. The van der Waals surface area contributed by atoms with Crippen LogP contribution in [-0.2, 0) is 0 Å². The Morgan fingerprint density at radius 3 is 2.58 bits per heavy atom. The summed E-state index contributed by atoms with van der Waals surface area (Å²) in [5, 5.41) is 25.3. The van der Waals surface area contributed by atoms with Crippen molar-refractivity contribution in [1.82, 2.24) is 21.1 Å². The molecule has 7 N–H and O–H groups in total. The summed E-state index contributed by atoms with van der Waals surface area (Å²) in [6.45, 7) is 0.412. The molecule has 38 heavy (non-hydrogen) atoms. The fourth-order valence-corrected chi connectivity index (χ4v) is 4.28. The van der Waals surface area contributed by atoms with Gasteiger partial charge in [-0.15, -0.1) is 11.3 Å². The van der Waals surface area contributed by atoms with Crippen LogP contribution in [0, 0.1) is 5.82 Å². The first kappa shape index (κ1) is 26.7. The van der Waals surface area contributed by atoms with Crippen molar-refractivity contribution in [3.63, 3.8) is 0 Å². The van der Waals surface area contributed by atoms with Gasteiger partial charge in [-0.25, -0.2) is 14.0 Å². The maximum Gasteiger partial charge on any atom is 0.265 e. The van der Waals surface area contributed by atoms with Gasteiger partial charge in [-0.3, -0.25) is 20.3 Å². The summed E-state index contributed by atoms with van der Waals surface area (Å²) in [6.07, 6.45) is 0. The first-order valence-electron chi connectivity index (χ1n) is 10.9. The van der Waals surface area contributed by atoms with Crippen LogP contribution in [0.1, 0.15) is 25.0 Å². The summed E-state index contributed by atoms with van der Waals surface area (Å²) in [5.41, 5.74) is 9.08. The normalized spacial score (nSPS) is 11.2. The molecule has 0 spiro atoms. The van der Waals surface area contributed by atoms with Crippen LogP contribution < -0.4 is 27.2 Å². The van der Waals surface area contributed by atoms with Gasteiger partial charge in [-0.2, -0.15) is 0 Å². The molecule has 4 rings (SSSR count). The van der Waals surface area contributed by atoms with Crippen LogP contribution in [0.4, 0.5) is 27.3 Å². The predicted octanol–water partition coefficient (Wildman–Crippen LogP) is 3.77. The van der Waals surface area contributed by atoms with Gasteiger partial charge in [0.05, 0.1) is 31.3 Å². The quantitative estimate of drug-likeness (QED) is 0.0546. The van der Waals surface area contributed by atoms with Crippen LogP contribution in [0.25, 0.3) is 0 Å². The van der Waals surface area contributed by atoms with Crippen molar-refractivity contribution in [2.45, 2.75) is 0 Å². The molecule has 12 nitrogen and oxygen atoms in total. The maximum absolute atomic E-state index is 13.5. The SMILES string of the molecule is Nc1ccccc1NC(=O)c1ccc(C(=O)NCCNc2nonc2C(=Nc2ccc(F)c(Br)c2)NO)s1. The van der Waals surface area contributed by atoms with Gasteiger partial charge in [0.1, 0.15) is 5.82 Å². The van der Waals surface area contributed by atoms with Gasteiger partial charge in [0.2, 0.25) is 5.82 Å². The lowest BCUT2D eigenvalue weighted by molar-refractivity contribution is 0.0958. The number of benzene rings is 2. The fraction of sp³-hybridized carbons (Fsp3) is 0.0870. The largest absolute Gasteiger partial charge is 0.397 e. The minimum absolute atomic E-state index is 0.0623. The number of aliphatic imine (C=N–C) groups is 1. The molecular weight excluding hydrogens is 583 g/mol. The van der Waals surface area contributed by atoms with Crippen LogP contribution in [0.2, 0.25) is 0 Å². The maximum atomic E-state index is 13.5. The van der Waals surface area contributed by atoms with Crippen molar-refractivity contribution >= 4 is 67.8 Å². The van der Waals surface area contributed by atoms with Gasteiger partial charge >= 0.3 is 0 Å². The number of nitrogen functional groups attached to an aromatic ring is 1. The second-order valence-electron chi connectivity index (χ2n) is 7.52. The number of thiophene rings is 1. The van der Waals surface area contributed by atoms with Gasteiger partial charge in [-0.1, -0.05) is 12.1 Å². The molecule has 2 amide bonds. The minimum Gasteiger partial charge on any atom is -0.397 e. The summed E-state index contributed by atoms with van der Waals surface area (Å²) in [7, 11) is 0. The van der Waals surface area contributed by atoms with Crippen LogP contribution in [0.3, 0.4) is 0 Å². The number of amides is 2. The number of rotatable bonds is 9. The molecule has 0 aliphatic carbocycles. The van der Waals surface area contributed by atoms with E-state index in [1.807, 2.05) is 5.48 Å². The van der Waals surface area contributed by atoms with Crippen molar-refractivity contribution in [1.29, 1.82) is 0 Å². The Hall–Kier alpha value is -4.34. The van der Waals surface area contributed by atoms with E-state index in [9.17, 15) is 19.2 Å². The molecular formula is C23H20BrFN8O4S. The highest BCUT2D eigenvalue weighted by Crippen LogP contribution is 2.24. The van der Waals surface area contributed by atoms with Crippen molar-refractivity contribution < 1.29 is 23.8 Å². The Kier molecular flexibility index (Phi) is 8.62. The van der Waals surface area contributed by atoms with E-state index < -0.39 is 5.82 Å². The van der Waals surface area contributed by atoms with E-state index in [2.05, 4.69) is 47.2 Å². The standard InChI is InChI=1S/C23H20BrFN8O4S/c24-13-11-12(5-6-14(13)25)29-21(31-36)19-20(33-37-32-19)27-9-10-28-22(34)17-7-8-18(38-17)23(35)30-16-4-2-1-3-15(16)26/h1-8,11,36H,9-10,26H2,(H,27,33)(H,28,34)(H,29,31)(H,30,35). The molecule has 15 heteroatoms. The van der Waals surface area contributed by atoms with Gasteiger partial charge < -0.3 is 21.7 Å². The molecule has 2 aromatic carbocycles. The van der Waals surface area contributed by atoms with E-state index in [1.165, 1.54) is 18.2 Å². The lowest BCUT2D eigenvalue weighted by Crippen LogP contribution is -2.29. The first-order valence-corrected chi connectivity index (χ1v) is 12.5. The average Bonchev–Trinajstić information content (AvgIpc) is 3.59. The van der Waals surface area contributed by atoms with Crippen LogP contribution in [0.5, 0.6) is 0 Å². The third kappa shape index (κ3) is 6.50. The lowest BCUT2D eigenvalue weighted by Gasteiger charge is -2.07. The molecule has 0 fully saturated rings. The molecule has 0 aliphatic heterocycles. The number of carbonyl (C=O) groups excluding carboxylic acids is 2. The summed E-state index contributed by atoms with van der Waals surface area (Å²) in [4.78, 5) is 29.9. The van der Waals surface area contributed by atoms with E-state index in [0.717, 1.165) is 11.3 Å². The second-order valence-corrected chi connectivity index (χ2v) is 9.46. The number of anilines is 3. The number of aromatic nitrogens is 2. The molecule has 2 aromatic heterocycles. The number of halogens is 2. The van der Waals surface area contributed by atoms with E-state index in [0.29, 0.717) is 26.8 Å². The highest BCUT2D eigenvalue weighted by atomic mass is 79.9. The van der Waals surface area contributed by atoms with E-state index in [-0.39, 0.29) is 46.7 Å². The number of hydrogen-bond donors (Lipinski definition) is 6. The van der Waals surface area contributed by atoms with Crippen molar-refractivity contribution in [3.05, 3.63) is 80.3 Å². The summed E-state index contributed by atoms with van der Waals surface area (Å²) in [5.74, 6) is -1.15. The molecule has 0 atom stereocenters. The molecule has 0 aliphatic rings. The van der Waals surface area contributed by atoms with Gasteiger partial charge in [0.25, 0.3) is 11.8 Å². The molecule has 2 heterocycles. The molecule has 0 unspecified atom stereocenters. The Morgan fingerprint density at radius 1 is 1.08 bits per heavy atom. The molecule has 0 radical (unpaired) electrons. The molecule has 4 aromatic rings. The Labute approximate surface area is 227 Å². The highest BCUT2D eigenvalue weighted by molar-refractivity contribution is 9.10. The number of amidine groups is 1. The zero-order valence-corrected chi connectivity index (χ0v) is 21.8. The second kappa shape index (κ2) is 12.3. The van der Waals surface area contributed by atoms with Gasteiger partial charge in [0, 0.05) is 13.1 Å². The van der Waals surface area contributed by atoms with Crippen molar-refractivity contribution in [2.24, 2.45) is 4.99 Å². The highest BCUT2D eigenvalue weighted by Gasteiger charge is 2.18. The van der Waals surface area contributed by atoms with E-state index in [4.69, 9.17) is 10.4 Å². The zero-order valence-electron chi connectivity index (χ0n) is 19.4. The summed E-state index contributed by atoms with van der Waals surface area (Å²) >= 11 is 4.11. The molecule has 0 saturated heterocycles. The number of hydroxylamine groups is 1. The summed E-state index contributed by atoms with van der Waals surface area (Å²) < 4.78 is 18.4. The number of nitrogens with zero attached hydrogens (tertiary/aromatic N) is 3. The van der Waals surface area contributed by atoms with E-state index >= 15 is 0 Å². The number of hydrogen-bond acceptors (Lipinski definition) is 10. The smallest absolute Gasteiger partial charge is 0.265 e. The lowest BCUT2D eigenvalue weighted by atomic mass is 10.2. The minimum atomic E-state index is -0.464. The third-order valence-corrected chi connectivity index (χ3v) is 6.62. The Balaban J connectivity index is 1.31. The monoisotopic (exact) mass is 602 g/mol. The number of nitrogens with two attached hydrogens (primary N) is 1. The van der Waals surface area contributed by atoms with Crippen LogP contribution >= 0.6 is 27.3 Å². The summed E-state index contributed by atoms with van der Waals surface area (Å²) in [6, 6.07) is 14.0. The number of nitrogens with one attached hydrogen (secondary N) is 4. The van der Waals surface area contributed by atoms with Gasteiger partial charge in [-0.05, 0) is 68.7 Å². The topological polar surface area (TPSA) is 180 Å². The number of para-hydroxylation sites is 2. The van der Waals surface area contributed by atoms with Gasteiger partial charge in [0.15, 0.2) is 11.5 Å². The Bertz CT molecular complexity index is 1490. The van der Waals surface area contributed by atoms with Crippen molar-refractivity contribution in [3.8, 4) is 0 Å². The fourth-order valence-electron chi connectivity index (χ4n) is 3.10. The van der Waals surface area contributed by atoms with Crippen molar-refractivity contribution in [2.75, 3.05) is 29.5 Å². The third-order valence-electron chi connectivity index (χ3n) is 4.93. The van der Waals surface area contributed by atoms with E-state index in [1.54, 1.807) is 36.4 Å². The van der Waals surface area contributed by atoms with Crippen LogP contribution in [-0.4, -0.2) is 46.3 Å². The molecule has 0 saturated carbocycles. The molecule has 196 valence electrons. The predicted molar refractivity (Wildman–Crippen MR) is 143 cm³/mol. The average molecular weight is 603 g/mol. The Morgan fingerprint density at radius 2 is 1.84 bits per heavy atom.